The average molecular weight is 252 g/mol. The van der Waals surface area contributed by atoms with Crippen LogP contribution in [0.1, 0.15) is 45.4 Å². The van der Waals surface area contributed by atoms with E-state index < -0.39 is 5.97 Å². The summed E-state index contributed by atoms with van der Waals surface area (Å²) in [7, 11) is 0. The molecule has 0 aromatic rings. The summed E-state index contributed by atoms with van der Waals surface area (Å²) >= 11 is 0. The van der Waals surface area contributed by atoms with Crippen LogP contribution in [-0.4, -0.2) is 23.5 Å². The molecular formula is C14H20O4. The fourth-order valence-electron chi connectivity index (χ4n) is 2.59. The van der Waals surface area contributed by atoms with E-state index in [-0.39, 0.29) is 23.7 Å². The third-order valence-corrected chi connectivity index (χ3v) is 3.81. The Bertz CT molecular complexity index is 365. The highest BCUT2D eigenvalue weighted by molar-refractivity contribution is 6.22. The number of Topliss-reactive ketones (excluding diaryl/α,β-unsaturated/α-hetero) is 1. The molecule has 0 amide bonds. The average Bonchev–Trinajstić information content (AvgIpc) is 2.96. The lowest BCUT2D eigenvalue weighted by Gasteiger charge is -2.01. The molecule has 4 heteroatoms. The van der Waals surface area contributed by atoms with Crippen molar-refractivity contribution in [1.29, 1.82) is 0 Å². The maximum atomic E-state index is 11.4. The topological polar surface area (TPSA) is 63.6 Å². The largest absolute Gasteiger partial charge is 0.511 e. The Balaban J connectivity index is 1.82. The van der Waals surface area contributed by atoms with E-state index in [4.69, 9.17) is 0 Å². The van der Waals surface area contributed by atoms with Crippen LogP contribution >= 0.6 is 0 Å². The van der Waals surface area contributed by atoms with Crippen LogP contribution in [0.5, 0.6) is 0 Å². The van der Waals surface area contributed by atoms with E-state index in [0.717, 1.165) is 6.42 Å². The van der Waals surface area contributed by atoms with Crippen LogP contribution in [0.4, 0.5) is 0 Å². The van der Waals surface area contributed by atoms with Crippen LogP contribution in [0, 0.1) is 11.8 Å². The molecule has 0 aromatic carbocycles. The van der Waals surface area contributed by atoms with Crippen LogP contribution in [0.25, 0.3) is 0 Å². The van der Waals surface area contributed by atoms with Crippen molar-refractivity contribution < 1.29 is 19.4 Å². The zero-order valence-electron chi connectivity index (χ0n) is 10.8. The number of rotatable bonds is 6. The molecule has 2 unspecified atom stereocenters. The van der Waals surface area contributed by atoms with Gasteiger partial charge in [0.2, 0.25) is 5.78 Å². The lowest BCUT2D eigenvalue weighted by Crippen LogP contribution is -2.06. The van der Waals surface area contributed by atoms with Crippen molar-refractivity contribution >= 4 is 11.8 Å². The van der Waals surface area contributed by atoms with Gasteiger partial charge in [-0.05, 0) is 18.3 Å². The predicted molar refractivity (Wildman–Crippen MR) is 66.0 cm³/mol. The minimum absolute atomic E-state index is 0.0644. The molecule has 1 aliphatic heterocycles. The molecule has 2 fully saturated rings. The number of unbranched alkanes of at least 4 members (excludes halogenated alkanes) is 2. The van der Waals surface area contributed by atoms with E-state index in [1.54, 1.807) is 0 Å². The first-order chi connectivity index (χ1) is 8.63. The van der Waals surface area contributed by atoms with Crippen molar-refractivity contribution in [2.45, 2.75) is 45.4 Å². The summed E-state index contributed by atoms with van der Waals surface area (Å²) in [6, 6.07) is 0. The number of hydrogen-bond donors (Lipinski definition) is 1. The molecule has 2 atom stereocenters. The van der Waals surface area contributed by atoms with Crippen molar-refractivity contribution in [2.24, 2.45) is 11.8 Å². The summed E-state index contributed by atoms with van der Waals surface area (Å²) in [6.45, 7) is 1.96. The first kappa shape index (κ1) is 13.1. The summed E-state index contributed by atoms with van der Waals surface area (Å²) in [5.41, 5.74) is -0.116. The summed E-state index contributed by atoms with van der Waals surface area (Å²) in [4.78, 5) is 22.6. The second kappa shape index (κ2) is 5.55. The molecule has 100 valence electrons. The molecule has 2 rings (SSSR count). The van der Waals surface area contributed by atoms with Crippen molar-refractivity contribution in [3.63, 3.8) is 0 Å². The van der Waals surface area contributed by atoms with Crippen molar-refractivity contribution in [1.82, 2.24) is 0 Å². The number of hydrogen-bond acceptors (Lipinski definition) is 4. The number of aliphatic hydroxyl groups excluding tert-OH is 1. The van der Waals surface area contributed by atoms with Gasteiger partial charge in [0.1, 0.15) is 11.3 Å². The highest BCUT2D eigenvalue weighted by Crippen LogP contribution is 2.46. The normalized spacial score (nSPS) is 29.4. The number of carbonyl (C=O) groups is 2. The van der Waals surface area contributed by atoms with Crippen molar-refractivity contribution in [3.05, 3.63) is 11.3 Å². The Morgan fingerprint density at radius 3 is 2.72 bits per heavy atom. The summed E-state index contributed by atoms with van der Waals surface area (Å²) in [5, 5.41) is 9.85. The molecule has 0 bridgehead atoms. The standard InChI is InChI=1S/C14H20O4/c1-2-3-4-5-9-6-10(9)7-11(15)13-12(16)8-18-14(13)17/h9-10,15H,2-8H2,1H3. The molecule has 0 radical (unpaired) electrons. The minimum atomic E-state index is -0.666. The third-order valence-electron chi connectivity index (χ3n) is 3.81. The number of cyclic esters (lactones) is 1. The number of ether oxygens (including phenoxy) is 1. The maximum Gasteiger partial charge on any atom is 0.345 e. The molecule has 0 aromatic heterocycles. The maximum absolute atomic E-state index is 11.4. The van der Waals surface area contributed by atoms with Crippen molar-refractivity contribution in [2.75, 3.05) is 6.61 Å². The first-order valence-electron chi connectivity index (χ1n) is 6.76. The van der Waals surface area contributed by atoms with Gasteiger partial charge in [0.05, 0.1) is 0 Å². The highest BCUT2D eigenvalue weighted by Gasteiger charge is 2.39. The van der Waals surface area contributed by atoms with Gasteiger partial charge >= 0.3 is 5.97 Å². The monoisotopic (exact) mass is 252 g/mol. The van der Waals surface area contributed by atoms with Crippen LogP contribution < -0.4 is 0 Å². The minimum Gasteiger partial charge on any atom is -0.511 e. The molecule has 1 heterocycles. The van der Waals surface area contributed by atoms with Gasteiger partial charge in [0.15, 0.2) is 6.61 Å². The predicted octanol–water partition coefficient (Wildman–Crippen LogP) is 2.53. The Kier molecular flexibility index (Phi) is 4.04. The molecule has 18 heavy (non-hydrogen) atoms. The van der Waals surface area contributed by atoms with E-state index in [1.807, 2.05) is 0 Å². The molecule has 1 aliphatic carbocycles. The number of allylic oxidation sites excluding steroid dienone is 1. The molecule has 1 saturated carbocycles. The van der Waals surface area contributed by atoms with E-state index in [0.29, 0.717) is 18.3 Å². The molecule has 1 saturated heterocycles. The number of carbonyl (C=O) groups excluding carboxylic acids is 2. The van der Waals surface area contributed by atoms with E-state index in [2.05, 4.69) is 11.7 Å². The lowest BCUT2D eigenvalue weighted by molar-refractivity contribution is -0.135. The van der Waals surface area contributed by atoms with Gasteiger partial charge in [-0.25, -0.2) is 4.79 Å². The van der Waals surface area contributed by atoms with Gasteiger partial charge in [-0.15, -0.1) is 0 Å². The Morgan fingerprint density at radius 1 is 1.33 bits per heavy atom. The van der Waals surface area contributed by atoms with Gasteiger partial charge in [-0.3, -0.25) is 4.79 Å². The third kappa shape index (κ3) is 2.92. The smallest absolute Gasteiger partial charge is 0.345 e. The molecular weight excluding hydrogens is 232 g/mol. The molecule has 4 nitrogen and oxygen atoms in total. The quantitative estimate of drug-likeness (QED) is 0.259. The molecule has 1 N–H and O–H groups in total. The zero-order chi connectivity index (χ0) is 13.1. The Hall–Kier alpha value is -1.32. The Labute approximate surface area is 107 Å². The van der Waals surface area contributed by atoms with E-state index in [9.17, 15) is 14.7 Å². The number of aliphatic hydroxyl groups is 1. The second-order valence-corrected chi connectivity index (χ2v) is 5.28. The van der Waals surface area contributed by atoms with Crippen LogP contribution in [0.2, 0.25) is 0 Å². The summed E-state index contributed by atoms with van der Waals surface area (Å²) < 4.78 is 4.60. The van der Waals surface area contributed by atoms with Crippen LogP contribution in [-0.2, 0) is 14.3 Å². The Morgan fingerprint density at radius 2 is 2.11 bits per heavy atom. The fourth-order valence-corrected chi connectivity index (χ4v) is 2.59. The van der Waals surface area contributed by atoms with E-state index >= 15 is 0 Å². The number of esters is 1. The summed E-state index contributed by atoms with van der Waals surface area (Å²) in [6.07, 6.45) is 6.45. The van der Waals surface area contributed by atoms with Crippen molar-refractivity contribution in [3.8, 4) is 0 Å². The highest BCUT2D eigenvalue weighted by atomic mass is 16.5. The van der Waals surface area contributed by atoms with Gasteiger partial charge in [0, 0.05) is 6.42 Å². The van der Waals surface area contributed by atoms with E-state index in [1.165, 1.54) is 25.7 Å². The lowest BCUT2D eigenvalue weighted by atomic mass is 10.1. The molecule has 0 spiro atoms. The molecule has 2 aliphatic rings. The van der Waals surface area contributed by atoms with Gasteiger partial charge in [-0.1, -0.05) is 32.6 Å². The van der Waals surface area contributed by atoms with Gasteiger partial charge in [-0.2, -0.15) is 0 Å². The summed E-state index contributed by atoms with van der Waals surface area (Å²) in [5.74, 6) is -0.0192. The van der Waals surface area contributed by atoms with Crippen LogP contribution in [0.15, 0.2) is 11.3 Å². The van der Waals surface area contributed by atoms with Crippen LogP contribution in [0.3, 0.4) is 0 Å². The number of ketones is 1. The van der Waals surface area contributed by atoms with Gasteiger partial charge < -0.3 is 9.84 Å². The zero-order valence-corrected chi connectivity index (χ0v) is 10.8. The fraction of sp³-hybridized carbons (Fsp3) is 0.714. The first-order valence-corrected chi connectivity index (χ1v) is 6.76. The SMILES string of the molecule is CCCCCC1CC1CC(O)=C1C(=O)COC1=O. The van der Waals surface area contributed by atoms with Gasteiger partial charge in [0.25, 0.3) is 0 Å². The second-order valence-electron chi connectivity index (χ2n) is 5.28.